The quantitative estimate of drug-likeness (QED) is 0.597. The zero-order chi connectivity index (χ0) is 21.3. The molecule has 0 unspecified atom stereocenters. The Labute approximate surface area is 177 Å². The summed E-state index contributed by atoms with van der Waals surface area (Å²) in [7, 11) is 0. The molecule has 0 aliphatic heterocycles. The molecule has 2 aromatic carbocycles. The lowest BCUT2D eigenvalue weighted by molar-refractivity contribution is 0.175. The first-order valence-electron chi connectivity index (χ1n) is 9.88. The lowest BCUT2D eigenvalue weighted by Gasteiger charge is -2.27. The molecule has 1 atom stereocenters. The van der Waals surface area contributed by atoms with Gasteiger partial charge in [-0.25, -0.2) is 4.79 Å². The van der Waals surface area contributed by atoms with Crippen molar-refractivity contribution in [1.82, 2.24) is 5.32 Å². The van der Waals surface area contributed by atoms with E-state index < -0.39 is 6.09 Å². The fourth-order valence-corrected chi connectivity index (χ4v) is 4.22. The van der Waals surface area contributed by atoms with Crippen molar-refractivity contribution < 1.29 is 19.4 Å². The molecule has 6 heteroatoms. The summed E-state index contributed by atoms with van der Waals surface area (Å²) < 4.78 is 11.7. The van der Waals surface area contributed by atoms with Crippen LogP contribution >= 0.6 is 11.6 Å². The summed E-state index contributed by atoms with van der Waals surface area (Å²) in [5.74, 6) is 1.37. The van der Waals surface area contributed by atoms with Gasteiger partial charge in [-0.1, -0.05) is 31.5 Å². The molecule has 0 radical (unpaired) electrons. The highest BCUT2D eigenvalue weighted by molar-refractivity contribution is 6.32. The highest BCUT2D eigenvalue weighted by atomic mass is 35.5. The Morgan fingerprint density at radius 3 is 2.59 bits per heavy atom. The van der Waals surface area contributed by atoms with E-state index in [2.05, 4.69) is 25.2 Å². The van der Waals surface area contributed by atoms with E-state index in [9.17, 15) is 9.90 Å². The summed E-state index contributed by atoms with van der Waals surface area (Å²) in [5, 5.41) is 12.5. The lowest BCUT2D eigenvalue weighted by atomic mass is 9.85. The van der Waals surface area contributed by atoms with Gasteiger partial charge >= 0.3 is 6.09 Å². The second kappa shape index (κ2) is 8.15. The van der Waals surface area contributed by atoms with Gasteiger partial charge in [0.2, 0.25) is 0 Å². The van der Waals surface area contributed by atoms with E-state index in [1.165, 1.54) is 0 Å². The Morgan fingerprint density at radius 1 is 1.28 bits per heavy atom. The van der Waals surface area contributed by atoms with Crippen molar-refractivity contribution >= 4 is 17.7 Å². The minimum absolute atomic E-state index is 0.0400. The van der Waals surface area contributed by atoms with Crippen molar-refractivity contribution in [2.45, 2.75) is 53.2 Å². The van der Waals surface area contributed by atoms with E-state index >= 15 is 0 Å². The van der Waals surface area contributed by atoms with E-state index in [0.29, 0.717) is 17.4 Å². The van der Waals surface area contributed by atoms with Gasteiger partial charge in [0.25, 0.3) is 0 Å². The van der Waals surface area contributed by atoms with Crippen LogP contribution < -0.4 is 14.8 Å². The zero-order valence-electron chi connectivity index (χ0n) is 17.5. The van der Waals surface area contributed by atoms with Crippen molar-refractivity contribution in [2.75, 3.05) is 6.61 Å². The van der Waals surface area contributed by atoms with Gasteiger partial charge in [0.05, 0.1) is 23.8 Å². The number of hydrogen-bond acceptors (Lipinski definition) is 3. The number of hydrogen-bond donors (Lipinski definition) is 2. The maximum absolute atomic E-state index is 11.3. The molecule has 1 aliphatic rings. The topological polar surface area (TPSA) is 67.8 Å². The van der Waals surface area contributed by atoms with Crippen LogP contribution in [0.3, 0.4) is 0 Å². The SMILES string of the molecule is CCOc1cc2c(cc1-c1ccc(OC(C)C)c(Cl)c1)CC(C)(C)[C@H]2NC(=O)O. The van der Waals surface area contributed by atoms with Crippen LogP contribution in [0.15, 0.2) is 30.3 Å². The first kappa shape index (κ1) is 21.3. The predicted octanol–water partition coefficient (Wildman–Crippen LogP) is 6.08. The molecule has 3 rings (SSSR count). The Kier molecular flexibility index (Phi) is 5.99. The number of nitrogens with one attached hydrogen (secondary N) is 1. The average Bonchev–Trinajstić information content (AvgIpc) is 2.85. The molecule has 0 aromatic heterocycles. The fraction of sp³-hybridized carbons (Fsp3) is 0.435. The molecule has 1 aliphatic carbocycles. The Hall–Kier alpha value is -2.40. The third-order valence-corrected chi connectivity index (χ3v) is 5.45. The summed E-state index contributed by atoms with van der Waals surface area (Å²) in [5.41, 5.74) is 3.73. The monoisotopic (exact) mass is 417 g/mol. The van der Waals surface area contributed by atoms with Crippen LogP contribution in [0, 0.1) is 5.41 Å². The van der Waals surface area contributed by atoms with E-state index in [4.69, 9.17) is 21.1 Å². The molecule has 29 heavy (non-hydrogen) atoms. The number of carboxylic acid groups (broad SMARTS) is 1. The van der Waals surface area contributed by atoms with Crippen LogP contribution in [0.1, 0.15) is 51.8 Å². The van der Waals surface area contributed by atoms with Gasteiger partial charge in [0, 0.05) is 5.56 Å². The molecule has 0 fully saturated rings. The van der Waals surface area contributed by atoms with Gasteiger partial charge in [-0.15, -0.1) is 0 Å². The molecule has 2 N–H and O–H groups in total. The molecule has 0 saturated heterocycles. The molecule has 5 nitrogen and oxygen atoms in total. The van der Waals surface area contributed by atoms with Crippen LogP contribution in [-0.2, 0) is 6.42 Å². The van der Waals surface area contributed by atoms with Gasteiger partial charge < -0.3 is 19.9 Å². The molecular weight excluding hydrogens is 390 g/mol. The number of rotatable bonds is 6. The molecule has 0 heterocycles. The summed E-state index contributed by atoms with van der Waals surface area (Å²) in [4.78, 5) is 11.3. The summed E-state index contributed by atoms with van der Waals surface area (Å²) in [6.45, 7) is 10.5. The van der Waals surface area contributed by atoms with Crippen LogP contribution in [0.5, 0.6) is 11.5 Å². The number of halogens is 1. The maximum Gasteiger partial charge on any atom is 0.405 e. The molecule has 0 bridgehead atoms. The Balaban J connectivity index is 2.07. The van der Waals surface area contributed by atoms with Crippen LogP contribution in [0.4, 0.5) is 4.79 Å². The number of fused-ring (bicyclic) bond motifs is 1. The zero-order valence-corrected chi connectivity index (χ0v) is 18.3. The standard InChI is InChI=1S/C23H28ClNO4/c1-6-28-20-11-17-15(12-23(4,5)21(17)25-22(26)27)9-16(20)14-7-8-19(18(24)10-14)29-13(2)3/h7-11,13,21,25H,6,12H2,1-5H3,(H,26,27)/t21-/m0/s1. The van der Waals surface area contributed by atoms with E-state index in [1.807, 2.05) is 45.0 Å². The van der Waals surface area contributed by atoms with Crippen LogP contribution in [-0.4, -0.2) is 23.9 Å². The van der Waals surface area contributed by atoms with Gasteiger partial charge in [0.1, 0.15) is 11.5 Å². The Morgan fingerprint density at radius 2 is 2.00 bits per heavy atom. The van der Waals surface area contributed by atoms with Crippen molar-refractivity contribution in [3.8, 4) is 22.6 Å². The molecule has 1 amide bonds. The minimum Gasteiger partial charge on any atom is -0.493 e. The van der Waals surface area contributed by atoms with Gasteiger partial charge in [-0.05, 0) is 73.6 Å². The summed E-state index contributed by atoms with van der Waals surface area (Å²) in [6.07, 6.45) is -0.210. The smallest absolute Gasteiger partial charge is 0.405 e. The number of ether oxygens (including phenoxy) is 2. The summed E-state index contributed by atoms with van der Waals surface area (Å²) >= 11 is 6.45. The van der Waals surface area contributed by atoms with Crippen LogP contribution in [0.25, 0.3) is 11.1 Å². The summed E-state index contributed by atoms with van der Waals surface area (Å²) in [6, 6.07) is 9.52. The molecule has 156 valence electrons. The molecule has 0 saturated carbocycles. The third kappa shape index (κ3) is 4.45. The van der Waals surface area contributed by atoms with Gasteiger partial charge in [-0.3, -0.25) is 0 Å². The van der Waals surface area contributed by atoms with E-state index in [1.54, 1.807) is 0 Å². The number of carbonyl (C=O) groups is 1. The van der Waals surface area contributed by atoms with Crippen molar-refractivity contribution in [3.63, 3.8) is 0 Å². The van der Waals surface area contributed by atoms with E-state index in [-0.39, 0.29) is 17.6 Å². The number of benzene rings is 2. The highest BCUT2D eigenvalue weighted by Gasteiger charge is 2.40. The highest BCUT2D eigenvalue weighted by Crippen LogP contribution is 2.49. The maximum atomic E-state index is 11.3. The molecular formula is C23H28ClNO4. The van der Waals surface area contributed by atoms with E-state index in [0.717, 1.165) is 34.4 Å². The molecule has 0 spiro atoms. The van der Waals surface area contributed by atoms with Crippen LogP contribution in [0.2, 0.25) is 5.02 Å². The first-order valence-corrected chi connectivity index (χ1v) is 10.3. The number of amides is 1. The second-order valence-corrected chi connectivity index (χ2v) is 8.75. The Bertz CT molecular complexity index is 923. The molecule has 2 aromatic rings. The van der Waals surface area contributed by atoms with Crippen molar-refractivity contribution in [2.24, 2.45) is 5.41 Å². The lowest BCUT2D eigenvalue weighted by Crippen LogP contribution is -2.34. The largest absolute Gasteiger partial charge is 0.493 e. The van der Waals surface area contributed by atoms with Gasteiger partial charge in [-0.2, -0.15) is 0 Å². The first-order chi connectivity index (χ1) is 13.6. The average molecular weight is 418 g/mol. The fourth-order valence-electron chi connectivity index (χ4n) is 3.99. The van der Waals surface area contributed by atoms with Gasteiger partial charge in [0.15, 0.2) is 0 Å². The third-order valence-electron chi connectivity index (χ3n) is 5.15. The normalized spacial score (nSPS) is 17.1. The van der Waals surface area contributed by atoms with Crippen molar-refractivity contribution in [3.05, 3.63) is 46.5 Å². The predicted molar refractivity (Wildman–Crippen MR) is 115 cm³/mol. The second-order valence-electron chi connectivity index (χ2n) is 8.34. The van der Waals surface area contributed by atoms with Crippen molar-refractivity contribution in [1.29, 1.82) is 0 Å². The minimum atomic E-state index is -1.02.